The lowest BCUT2D eigenvalue weighted by molar-refractivity contribution is 0.113. The lowest BCUT2D eigenvalue weighted by Gasteiger charge is -2.37. The number of nitrogens with zero attached hydrogens (tertiary/aromatic N) is 1. The average Bonchev–Trinajstić information content (AvgIpc) is 2.80. The first-order valence-corrected chi connectivity index (χ1v) is 14.2. The van der Waals surface area contributed by atoms with Crippen LogP contribution in [0, 0.1) is 0 Å². The van der Waals surface area contributed by atoms with Crippen LogP contribution in [0.4, 0.5) is 0 Å². The molecule has 2 atom stereocenters. The minimum absolute atomic E-state index is 0.0840. The van der Waals surface area contributed by atoms with Crippen molar-refractivity contribution in [3.05, 3.63) is 108 Å². The van der Waals surface area contributed by atoms with Crippen molar-refractivity contribution in [1.29, 1.82) is 0 Å². The molecule has 0 aliphatic rings. The molecular weight excluding hydrogens is 410 g/mol. The van der Waals surface area contributed by atoms with Crippen LogP contribution in [0.5, 0.6) is 0 Å². The summed E-state index contributed by atoms with van der Waals surface area (Å²) in [5.74, 6) is 0. The molecular formula is C28H35NO2Si. The summed E-state index contributed by atoms with van der Waals surface area (Å²) in [6, 6.07) is 29.6. The van der Waals surface area contributed by atoms with E-state index in [1.807, 2.05) is 66.7 Å². The number of hydrogen-bond acceptors (Lipinski definition) is 3. The van der Waals surface area contributed by atoms with Gasteiger partial charge in [0.2, 0.25) is 0 Å². The molecule has 0 radical (unpaired) electrons. The van der Waals surface area contributed by atoms with Crippen LogP contribution < -0.4 is 0 Å². The van der Waals surface area contributed by atoms with Crippen LogP contribution in [0.3, 0.4) is 0 Å². The predicted octanol–water partition coefficient (Wildman–Crippen LogP) is 6.65. The van der Waals surface area contributed by atoms with E-state index in [1.54, 1.807) is 0 Å². The maximum absolute atomic E-state index is 11.4. The molecule has 0 aromatic heterocycles. The molecule has 0 aliphatic carbocycles. The molecule has 0 heterocycles. The van der Waals surface area contributed by atoms with Gasteiger partial charge in [0.25, 0.3) is 0 Å². The minimum atomic E-state index is -2.00. The molecule has 32 heavy (non-hydrogen) atoms. The van der Waals surface area contributed by atoms with Gasteiger partial charge in [0.05, 0.1) is 12.3 Å². The van der Waals surface area contributed by atoms with Crippen molar-refractivity contribution >= 4 is 14.0 Å². The molecule has 0 saturated heterocycles. The van der Waals surface area contributed by atoms with Crippen molar-refractivity contribution in [2.45, 2.75) is 51.0 Å². The fourth-order valence-corrected chi connectivity index (χ4v) is 4.28. The Balaban J connectivity index is 2.04. The molecule has 0 saturated carbocycles. The van der Waals surface area contributed by atoms with Crippen molar-refractivity contribution < 1.29 is 9.53 Å². The van der Waals surface area contributed by atoms with E-state index >= 15 is 0 Å². The molecule has 3 rings (SSSR count). The maximum atomic E-state index is 11.4. The van der Waals surface area contributed by atoms with Crippen molar-refractivity contribution in [2.75, 3.05) is 6.61 Å². The van der Waals surface area contributed by atoms with Gasteiger partial charge in [-0.25, -0.2) is 0 Å². The smallest absolute Gasteiger partial charge is 0.192 e. The number of benzene rings is 3. The van der Waals surface area contributed by atoms with E-state index in [2.05, 4.69) is 58.1 Å². The Hall–Kier alpha value is -2.53. The van der Waals surface area contributed by atoms with Crippen LogP contribution in [0.15, 0.2) is 96.0 Å². The summed E-state index contributed by atoms with van der Waals surface area (Å²) in [5.41, 5.74) is 3.76. The van der Waals surface area contributed by atoms with Gasteiger partial charge in [0.15, 0.2) is 8.32 Å². The van der Waals surface area contributed by atoms with E-state index in [0.717, 1.165) is 22.4 Å². The zero-order valence-electron chi connectivity index (χ0n) is 19.8. The molecule has 3 aromatic rings. The quantitative estimate of drug-likeness (QED) is 0.312. The zero-order chi connectivity index (χ0) is 23.2. The predicted molar refractivity (Wildman–Crippen MR) is 137 cm³/mol. The molecule has 4 heteroatoms. The van der Waals surface area contributed by atoms with Crippen molar-refractivity contribution in [3.63, 3.8) is 0 Å². The van der Waals surface area contributed by atoms with Crippen molar-refractivity contribution in [1.82, 2.24) is 0 Å². The normalized spacial score (nSPS) is 13.9. The van der Waals surface area contributed by atoms with E-state index in [-0.39, 0.29) is 5.04 Å². The summed E-state index contributed by atoms with van der Waals surface area (Å²) in [4.78, 5) is 5.14. The highest BCUT2D eigenvalue weighted by atomic mass is 28.4. The lowest BCUT2D eigenvalue weighted by atomic mass is 9.99. The van der Waals surface area contributed by atoms with Crippen molar-refractivity contribution in [3.8, 4) is 0 Å². The third-order valence-electron chi connectivity index (χ3n) is 6.32. The van der Waals surface area contributed by atoms with Gasteiger partial charge < -0.3 is 9.53 Å². The summed E-state index contributed by atoms with van der Waals surface area (Å²) in [6.07, 6.45) is -0.761. The highest BCUT2D eigenvalue weighted by Crippen LogP contribution is 2.37. The number of aliphatic hydroxyl groups is 1. The maximum Gasteiger partial charge on any atom is 0.192 e. The minimum Gasteiger partial charge on any atom is -0.415 e. The van der Waals surface area contributed by atoms with Crippen molar-refractivity contribution in [2.24, 2.45) is 4.99 Å². The molecule has 0 fully saturated rings. The van der Waals surface area contributed by atoms with Crippen LogP contribution in [0.25, 0.3) is 0 Å². The number of aliphatic hydroxyl groups excluding tert-OH is 1. The van der Waals surface area contributed by atoms with Gasteiger partial charge in [0, 0.05) is 11.1 Å². The van der Waals surface area contributed by atoms with E-state index in [0.29, 0.717) is 6.61 Å². The first-order valence-electron chi connectivity index (χ1n) is 11.2. The largest absolute Gasteiger partial charge is 0.415 e. The highest BCUT2D eigenvalue weighted by Gasteiger charge is 2.38. The average molecular weight is 446 g/mol. The monoisotopic (exact) mass is 445 g/mol. The second kappa shape index (κ2) is 10.4. The number of hydrogen-bond donors (Lipinski definition) is 1. The van der Waals surface area contributed by atoms with E-state index in [1.165, 1.54) is 0 Å². The van der Waals surface area contributed by atoms with Gasteiger partial charge in [-0.3, -0.25) is 4.99 Å². The van der Waals surface area contributed by atoms with E-state index in [4.69, 9.17) is 9.42 Å². The third-order valence-corrected chi connectivity index (χ3v) is 10.8. The standard InChI is InChI=1S/C28H35NO2Si/c1-28(2,3)32(4,5)31-21-25(27(30)24-19-13-8-14-20-24)29-26(22-15-9-6-10-16-22)23-17-11-7-12-18-23/h6-20,25,27,30H,21H2,1-5H3/t25-,27+/m1/s1. The van der Waals surface area contributed by atoms with Crippen LogP contribution in [-0.2, 0) is 4.43 Å². The summed E-state index contributed by atoms with van der Waals surface area (Å²) in [5, 5.41) is 11.4. The fraction of sp³-hybridized carbons (Fsp3) is 0.321. The Labute approximate surface area is 194 Å². The molecule has 3 nitrogen and oxygen atoms in total. The van der Waals surface area contributed by atoms with Crippen LogP contribution in [-0.4, -0.2) is 31.8 Å². The van der Waals surface area contributed by atoms with Crippen LogP contribution in [0.1, 0.15) is 43.6 Å². The Morgan fingerprint density at radius 2 is 1.25 bits per heavy atom. The first kappa shape index (κ1) is 24.1. The Morgan fingerprint density at radius 3 is 1.69 bits per heavy atom. The van der Waals surface area contributed by atoms with Gasteiger partial charge in [-0.1, -0.05) is 112 Å². The second-order valence-electron chi connectivity index (χ2n) is 9.70. The molecule has 3 aromatic carbocycles. The molecule has 0 amide bonds. The highest BCUT2D eigenvalue weighted by molar-refractivity contribution is 6.74. The Bertz CT molecular complexity index is 954. The molecule has 1 N–H and O–H groups in total. The first-order chi connectivity index (χ1) is 15.2. The molecule has 168 valence electrons. The summed E-state index contributed by atoms with van der Waals surface area (Å²) < 4.78 is 6.54. The molecule has 0 aliphatic heterocycles. The van der Waals surface area contributed by atoms with Crippen LogP contribution in [0.2, 0.25) is 18.1 Å². The van der Waals surface area contributed by atoms with Gasteiger partial charge in [-0.2, -0.15) is 0 Å². The Kier molecular flexibility index (Phi) is 7.83. The van der Waals surface area contributed by atoms with Crippen LogP contribution >= 0.6 is 0 Å². The summed E-state index contributed by atoms with van der Waals surface area (Å²) in [7, 11) is -2.00. The second-order valence-corrected chi connectivity index (χ2v) is 14.5. The third kappa shape index (κ3) is 6.03. The van der Waals surface area contributed by atoms with E-state index < -0.39 is 20.5 Å². The van der Waals surface area contributed by atoms with Gasteiger partial charge in [0.1, 0.15) is 12.1 Å². The summed E-state index contributed by atoms with van der Waals surface area (Å²) >= 11 is 0. The molecule has 0 spiro atoms. The van der Waals surface area contributed by atoms with Gasteiger partial charge >= 0.3 is 0 Å². The number of aliphatic imine (C=N–C) groups is 1. The summed E-state index contributed by atoms with van der Waals surface area (Å²) in [6.45, 7) is 11.5. The Morgan fingerprint density at radius 1 is 0.812 bits per heavy atom. The molecule has 0 bridgehead atoms. The lowest BCUT2D eigenvalue weighted by Crippen LogP contribution is -2.43. The fourth-order valence-electron chi connectivity index (χ4n) is 3.26. The zero-order valence-corrected chi connectivity index (χ0v) is 20.8. The van der Waals surface area contributed by atoms with Gasteiger partial charge in [-0.15, -0.1) is 0 Å². The molecule has 0 unspecified atom stereocenters. The topological polar surface area (TPSA) is 41.8 Å². The number of rotatable bonds is 8. The van der Waals surface area contributed by atoms with Gasteiger partial charge in [-0.05, 0) is 23.7 Å². The SMILES string of the molecule is CC(C)(C)[Si](C)(C)OC[C@@H](N=C(c1ccccc1)c1ccccc1)[C@@H](O)c1ccccc1. The van der Waals surface area contributed by atoms with E-state index in [9.17, 15) is 5.11 Å².